The van der Waals surface area contributed by atoms with Gasteiger partial charge < -0.3 is 15.8 Å². The molecule has 0 radical (unpaired) electrons. The minimum Gasteiger partial charge on any atom is -0.369 e. The van der Waals surface area contributed by atoms with Gasteiger partial charge in [-0.1, -0.05) is 12.1 Å². The number of hydrogen-bond acceptors (Lipinski definition) is 4. The van der Waals surface area contributed by atoms with E-state index < -0.39 is 29.1 Å². The number of nitrogens with one attached hydrogen (secondary N) is 1. The number of primary amides is 1. The van der Waals surface area contributed by atoms with Gasteiger partial charge >= 0.3 is 0 Å². The summed E-state index contributed by atoms with van der Waals surface area (Å²) in [6.07, 6.45) is 1.57. The maximum Gasteiger partial charge on any atom is 0.237 e. The van der Waals surface area contributed by atoms with E-state index in [0.29, 0.717) is 12.8 Å². The number of Topliss-reactive ketones (excluding diaryl/α,β-unsaturated/α-hetero) is 1. The summed E-state index contributed by atoms with van der Waals surface area (Å²) in [5, 5.41) is 2.69. The molecular weight excluding hydrogens is 303 g/mol. The van der Waals surface area contributed by atoms with Crippen molar-refractivity contribution in [2.75, 3.05) is 6.61 Å². The molecule has 1 saturated carbocycles. The van der Waals surface area contributed by atoms with Gasteiger partial charge in [0.1, 0.15) is 23.9 Å². The molecule has 1 aliphatic carbocycles. The molecular formula is C16H17FN2O4. The van der Waals surface area contributed by atoms with E-state index in [1.54, 1.807) is 0 Å². The third kappa shape index (κ3) is 2.61. The monoisotopic (exact) mass is 320 g/mol. The smallest absolute Gasteiger partial charge is 0.237 e. The molecule has 7 heteroatoms. The van der Waals surface area contributed by atoms with Gasteiger partial charge in [0.2, 0.25) is 11.8 Å². The minimum atomic E-state index is -1.28. The van der Waals surface area contributed by atoms with Gasteiger partial charge in [0.25, 0.3) is 0 Å². The third-order valence-electron chi connectivity index (χ3n) is 4.60. The zero-order valence-electron chi connectivity index (χ0n) is 12.4. The van der Waals surface area contributed by atoms with Gasteiger partial charge in [0, 0.05) is 0 Å². The molecule has 122 valence electrons. The standard InChI is InChI=1S/C16H17FN2O4/c17-10-5-3-9(4-6-10)13(14(18)21)15(22)19-16-7-1-2-12(16)23-8-11(16)20/h3-6,12-13H,1-2,7-8H2,(H2,18,21)(H,19,22). The van der Waals surface area contributed by atoms with Crippen molar-refractivity contribution in [1.82, 2.24) is 5.32 Å². The van der Waals surface area contributed by atoms with E-state index in [1.807, 2.05) is 0 Å². The fraction of sp³-hybridized carbons (Fsp3) is 0.438. The lowest BCUT2D eigenvalue weighted by atomic mass is 9.89. The molecule has 0 bridgehead atoms. The highest BCUT2D eigenvalue weighted by Gasteiger charge is 2.55. The second-order valence-corrected chi connectivity index (χ2v) is 5.96. The third-order valence-corrected chi connectivity index (χ3v) is 4.60. The van der Waals surface area contributed by atoms with Crippen LogP contribution in [0, 0.1) is 5.82 Å². The molecule has 1 aromatic rings. The first-order valence-electron chi connectivity index (χ1n) is 7.46. The molecule has 1 saturated heterocycles. The first kappa shape index (κ1) is 15.6. The van der Waals surface area contributed by atoms with E-state index in [2.05, 4.69) is 5.32 Å². The summed E-state index contributed by atoms with van der Waals surface area (Å²) in [5.74, 6) is -3.46. The van der Waals surface area contributed by atoms with Crippen molar-refractivity contribution in [1.29, 1.82) is 0 Å². The highest BCUT2D eigenvalue weighted by molar-refractivity contribution is 6.07. The van der Waals surface area contributed by atoms with Gasteiger partial charge in [-0.2, -0.15) is 0 Å². The molecule has 0 spiro atoms. The van der Waals surface area contributed by atoms with Crippen LogP contribution in [0.3, 0.4) is 0 Å². The van der Waals surface area contributed by atoms with Crippen LogP contribution in [0.4, 0.5) is 4.39 Å². The summed E-state index contributed by atoms with van der Waals surface area (Å²) in [6.45, 7) is -0.0390. The number of carbonyl (C=O) groups excluding carboxylic acids is 3. The van der Waals surface area contributed by atoms with Crippen LogP contribution in [0.5, 0.6) is 0 Å². The van der Waals surface area contributed by atoms with Crippen LogP contribution in [0.1, 0.15) is 30.7 Å². The van der Waals surface area contributed by atoms with Crippen molar-refractivity contribution in [3.8, 4) is 0 Å². The number of halogens is 1. The van der Waals surface area contributed by atoms with Crippen LogP contribution in [-0.4, -0.2) is 35.8 Å². The van der Waals surface area contributed by atoms with Crippen molar-refractivity contribution in [3.63, 3.8) is 0 Å². The molecule has 1 heterocycles. The van der Waals surface area contributed by atoms with E-state index in [-0.39, 0.29) is 24.1 Å². The predicted octanol–water partition coefficient (Wildman–Crippen LogP) is 0.401. The Morgan fingerprint density at radius 3 is 2.70 bits per heavy atom. The maximum atomic E-state index is 13.0. The number of fused-ring (bicyclic) bond motifs is 1. The van der Waals surface area contributed by atoms with Gasteiger partial charge in [-0.05, 0) is 37.0 Å². The average molecular weight is 320 g/mol. The molecule has 2 fully saturated rings. The molecule has 3 N–H and O–H groups in total. The van der Waals surface area contributed by atoms with Gasteiger partial charge in [0.15, 0.2) is 5.78 Å². The lowest BCUT2D eigenvalue weighted by molar-refractivity contribution is -0.134. The van der Waals surface area contributed by atoms with E-state index in [0.717, 1.165) is 18.6 Å². The van der Waals surface area contributed by atoms with Crippen LogP contribution in [0.25, 0.3) is 0 Å². The molecule has 3 rings (SSSR count). The fourth-order valence-electron chi connectivity index (χ4n) is 3.43. The number of rotatable bonds is 4. The van der Waals surface area contributed by atoms with E-state index >= 15 is 0 Å². The Morgan fingerprint density at radius 2 is 2.04 bits per heavy atom. The number of ether oxygens (including phenoxy) is 1. The summed E-state index contributed by atoms with van der Waals surface area (Å²) in [4.78, 5) is 36.5. The van der Waals surface area contributed by atoms with Crippen LogP contribution in [-0.2, 0) is 19.1 Å². The summed E-state index contributed by atoms with van der Waals surface area (Å²) < 4.78 is 18.5. The Hall–Kier alpha value is -2.28. The average Bonchev–Trinajstić information content (AvgIpc) is 3.02. The molecule has 3 atom stereocenters. The van der Waals surface area contributed by atoms with Crippen molar-refractivity contribution in [2.45, 2.75) is 36.8 Å². The number of nitrogens with two attached hydrogens (primary N) is 1. The molecule has 3 unspecified atom stereocenters. The van der Waals surface area contributed by atoms with E-state index in [4.69, 9.17) is 10.5 Å². The molecule has 2 aliphatic rings. The SMILES string of the molecule is NC(=O)C(C(=O)NC12CCCC1OCC2=O)c1ccc(F)cc1. The molecule has 0 aromatic heterocycles. The van der Waals surface area contributed by atoms with Crippen molar-refractivity contribution in [2.24, 2.45) is 5.73 Å². The first-order valence-corrected chi connectivity index (χ1v) is 7.46. The van der Waals surface area contributed by atoms with Crippen molar-refractivity contribution < 1.29 is 23.5 Å². The molecule has 1 aromatic carbocycles. The van der Waals surface area contributed by atoms with Gasteiger partial charge in [0.05, 0.1) is 6.10 Å². The Morgan fingerprint density at radius 1 is 1.35 bits per heavy atom. The number of ketones is 1. The number of hydrogen-bond donors (Lipinski definition) is 2. The Balaban J connectivity index is 1.86. The van der Waals surface area contributed by atoms with E-state index in [9.17, 15) is 18.8 Å². The zero-order chi connectivity index (χ0) is 16.6. The quantitative estimate of drug-likeness (QED) is 0.785. The number of benzene rings is 1. The minimum absolute atomic E-state index is 0.0390. The van der Waals surface area contributed by atoms with Crippen LogP contribution in [0.2, 0.25) is 0 Å². The van der Waals surface area contributed by atoms with E-state index in [1.165, 1.54) is 12.1 Å². The highest BCUT2D eigenvalue weighted by Crippen LogP contribution is 2.38. The summed E-state index contributed by atoms with van der Waals surface area (Å²) in [6, 6.07) is 4.97. The summed E-state index contributed by atoms with van der Waals surface area (Å²) >= 11 is 0. The molecule has 23 heavy (non-hydrogen) atoms. The predicted molar refractivity (Wildman–Crippen MR) is 77.8 cm³/mol. The Kier molecular flexibility index (Phi) is 3.89. The van der Waals surface area contributed by atoms with Crippen molar-refractivity contribution in [3.05, 3.63) is 35.6 Å². The lowest BCUT2D eigenvalue weighted by Crippen LogP contribution is -2.57. The maximum absolute atomic E-state index is 13.0. The van der Waals surface area contributed by atoms with Crippen LogP contribution in [0.15, 0.2) is 24.3 Å². The normalized spacial score (nSPS) is 27.5. The fourth-order valence-corrected chi connectivity index (χ4v) is 3.43. The van der Waals surface area contributed by atoms with Gasteiger partial charge in [-0.25, -0.2) is 4.39 Å². The zero-order valence-corrected chi connectivity index (χ0v) is 12.4. The summed E-state index contributed by atoms with van der Waals surface area (Å²) in [5.41, 5.74) is 4.56. The highest BCUT2D eigenvalue weighted by atomic mass is 19.1. The second-order valence-electron chi connectivity index (χ2n) is 5.96. The number of carbonyl (C=O) groups is 3. The Labute approximate surface area is 132 Å². The largest absolute Gasteiger partial charge is 0.369 e. The van der Waals surface area contributed by atoms with Crippen LogP contribution < -0.4 is 11.1 Å². The van der Waals surface area contributed by atoms with Gasteiger partial charge in [-0.15, -0.1) is 0 Å². The summed E-state index contributed by atoms with van der Waals surface area (Å²) in [7, 11) is 0. The first-order chi connectivity index (χ1) is 10.9. The number of amides is 2. The second kappa shape index (κ2) is 5.73. The molecule has 2 amide bonds. The topological polar surface area (TPSA) is 98.5 Å². The molecule has 6 nitrogen and oxygen atoms in total. The lowest BCUT2D eigenvalue weighted by Gasteiger charge is -2.29. The van der Waals surface area contributed by atoms with Crippen LogP contribution >= 0.6 is 0 Å². The van der Waals surface area contributed by atoms with Crippen molar-refractivity contribution >= 4 is 17.6 Å². The van der Waals surface area contributed by atoms with Gasteiger partial charge in [-0.3, -0.25) is 14.4 Å². The Bertz CT molecular complexity index is 661. The molecule has 1 aliphatic heterocycles.